The molecule has 1 aromatic heterocycles. The molecule has 2 heterocycles. The van der Waals surface area contributed by atoms with Gasteiger partial charge in [-0.05, 0) is 35.9 Å². The lowest BCUT2D eigenvalue weighted by Crippen LogP contribution is -2.34. The Hall–Kier alpha value is -2.47. The Morgan fingerprint density at radius 1 is 1.04 bits per heavy atom. The van der Waals surface area contributed by atoms with E-state index in [4.69, 9.17) is 0 Å². The van der Waals surface area contributed by atoms with Crippen LogP contribution in [0.25, 0.3) is 0 Å². The Labute approximate surface area is 169 Å². The molecule has 0 radical (unpaired) electrons. The first-order chi connectivity index (χ1) is 13.6. The van der Waals surface area contributed by atoms with Crippen molar-refractivity contribution in [2.75, 3.05) is 6.54 Å². The molecule has 0 bridgehead atoms. The maximum Gasteiger partial charge on any atom is 0.261 e. The van der Waals surface area contributed by atoms with Gasteiger partial charge in [0.25, 0.3) is 11.8 Å². The minimum atomic E-state index is -0.269. The second kappa shape index (κ2) is 9.15. The number of carbonyl (C=O) groups excluding carboxylic acids is 3. The molecule has 1 atom stereocenters. The summed E-state index contributed by atoms with van der Waals surface area (Å²) in [5.41, 5.74) is 0.895. The summed E-state index contributed by atoms with van der Waals surface area (Å²) in [6.45, 7) is 4.54. The first-order valence-corrected chi connectivity index (χ1v) is 10.7. The van der Waals surface area contributed by atoms with Crippen LogP contribution in [0.5, 0.6) is 0 Å². The number of benzene rings is 1. The first-order valence-electron chi connectivity index (χ1n) is 9.84. The molecule has 2 aromatic rings. The summed E-state index contributed by atoms with van der Waals surface area (Å²) in [6, 6.07) is 10.9. The molecule has 1 aliphatic heterocycles. The van der Waals surface area contributed by atoms with Crippen LogP contribution in [0.3, 0.4) is 0 Å². The molecule has 0 saturated carbocycles. The van der Waals surface area contributed by atoms with Crippen LogP contribution >= 0.6 is 11.3 Å². The second-order valence-corrected chi connectivity index (χ2v) is 8.03. The van der Waals surface area contributed by atoms with Crippen molar-refractivity contribution in [2.45, 2.75) is 45.6 Å². The highest BCUT2D eigenvalue weighted by molar-refractivity contribution is 7.10. The van der Waals surface area contributed by atoms with Gasteiger partial charge in [0.1, 0.15) is 0 Å². The SMILES string of the molecule is CCC(CC)[C@@H](NC(=O)CCCN1C(=O)c2ccccc2C1=O)c1cccs1. The van der Waals surface area contributed by atoms with Gasteiger partial charge in [0, 0.05) is 17.8 Å². The Morgan fingerprint density at radius 3 is 2.21 bits per heavy atom. The fourth-order valence-electron chi connectivity index (χ4n) is 3.74. The molecular weight excluding hydrogens is 372 g/mol. The van der Waals surface area contributed by atoms with Crippen molar-refractivity contribution in [3.8, 4) is 0 Å². The number of fused-ring (bicyclic) bond motifs is 1. The molecule has 1 aromatic carbocycles. The molecule has 0 fully saturated rings. The fourth-order valence-corrected chi connectivity index (χ4v) is 4.60. The van der Waals surface area contributed by atoms with Crippen LogP contribution in [0, 0.1) is 5.92 Å². The molecule has 6 heteroatoms. The van der Waals surface area contributed by atoms with E-state index in [0.717, 1.165) is 12.8 Å². The lowest BCUT2D eigenvalue weighted by molar-refractivity contribution is -0.122. The molecule has 0 aliphatic carbocycles. The molecule has 148 valence electrons. The fraction of sp³-hybridized carbons (Fsp3) is 0.409. The van der Waals surface area contributed by atoms with E-state index < -0.39 is 0 Å². The highest BCUT2D eigenvalue weighted by Gasteiger charge is 2.34. The number of nitrogens with one attached hydrogen (secondary N) is 1. The smallest absolute Gasteiger partial charge is 0.261 e. The molecule has 0 saturated heterocycles. The maximum atomic E-state index is 12.5. The number of hydrogen-bond acceptors (Lipinski definition) is 4. The zero-order chi connectivity index (χ0) is 20.1. The summed E-state index contributed by atoms with van der Waals surface area (Å²) in [5.74, 6) is -0.190. The van der Waals surface area contributed by atoms with Crippen LogP contribution in [0.4, 0.5) is 0 Å². The zero-order valence-corrected chi connectivity index (χ0v) is 17.1. The number of rotatable bonds is 9. The predicted octanol–water partition coefficient (Wildman–Crippen LogP) is 4.42. The largest absolute Gasteiger partial charge is 0.348 e. The van der Waals surface area contributed by atoms with Gasteiger partial charge in [-0.15, -0.1) is 11.3 Å². The van der Waals surface area contributed by atoms with Crippen LogP contribution < -0.4 is 5.32 Å². The molecule has 1 N–H and O–H groups in total. The van der Waals surface area contributed by atoms with Gasteiger partial charge in [0.15, 0.2) is 0 Å². The van der Waals surface area contributed by atoms with Crippen molar-refractivity contribution in [3.05, 3.63) is 57.8 Å². The average Bonchev–Trinajstić information content (AvgIpc) is 3.32. The lowest BCUT2D eigenvalue weighted by Gasteiger charge is -2.25. The van der Waals surface area contributed by atoms with Crippen LogP contribution in [0.15, 0.2) is 41.8 Å². The third kappa shape index (κ3) is 4.17. The normalized spacial score (nSPS) is 14.5. The van der Waals surface area contributed by atoms with Crippen molar-refractivity contribution in [3.63, 3.8) is 0 Å². The third-order valence-corrected chi connectivity index (χ3v) is 6.31. The highest BCUT2D eigenvalue weighted by Crippen LogP contribution is 2.30. The average molecular weight is 399 g/mol. The number of imide groups is 1. The van der Waals surface area contributed by atoms with Gasteiger partial charge in [-0.25, -0.2) is 0 Å². The lowest BCUT2D eigenvalue weighted by atomic mass is 9.93. The maximum absolute atomic E-state index is 12.5. The first kappa shape index (κ1) is 20.3. The Balaban J connectivity index is 1.56. The van der Waals surface area contributed by atoms with Crippen molar-refractivity contribution >= 4 is 29.1 Å². The summed E-state index contributed by atoms with van der Waals surface area (Å²) < 4.78 is 0. The Kier molecular flexibility index (Phi) is 6.62. The van der Waals surface area contributed by atoms with Crippen LogP contribution in [-0.4, -0.2) is 29.2 Å². The van der Waals surface area contributed by atoms with E-state index >= 15 is 0 Å². The van der Waals surface area contributed by atoms with Crippen molar-refractivity contribution in [1.82, 2.24) is 10.2 Å². The molecule has 28 heavy (non-hydrogen) atoms. The van der Waals surface area contributed by atoms with Gasteiger partial charge in [-0.1, -0.05) is 44.9 Å². The molecule has 0 spiro atoms. The summed E-state index contributed by atoms with van der Waals surface area (Å²) in [7, 11) is 0. The van der Waals surface area contributed by atoms with Gasteiger partial charge in [-0.2, -0.15) is 0 Å². The molecule has 0 unspecified atom stereocenters. The quantitative estimate of drug-likeness (QED) is 0.636. The highest BCUT2D eigenvalue weighted by atomic mass is 32.1. The summed E-state index contributed by atoms with van der Waals surface area (Å²) >= 11 is 1.66. The summed E-state index contributed by atoms with van der Waals surface area (Å²) in [5, 5.41) is 5.20. The van der Waals surface area contributed by atoms with Crippen LogP contribution in [0.2, 0.25) is 0 Å². The van der Waals surface area contributed by atoms with Gasteiger partial charge in [0.05, 0.1) is 17.2 Å². The molecular formula is C22H26N2O3S. The van der Waals surface area contributed by atoms with Gasteiger partial charge < -0.3 is 5.32 Å². The van der Waals surface area contributed by atoms with Gasteiger partial charge in [0.2, 0.25) is 5.91 Å². The zero-order valence-electron chi connectivity index (χ0n) is 16.3. The number of thiophene rings is 1. The number of nitrogens with zero attached hydrogens (tertiary/aromatic N) is 1. The number of amides is 3. The minimum absolute atomic E-state index is 0.0156. The molecule has 3 amide bonds. The topological polar surface area (TPSA) is 66.5 Å². The van der Waals surface area contributed by atoms with Crippen molar-refractivity contribution in [1.29, 1.82) is 0 Å². The Morgan fingerprint density at radius 2 is 1.68 bits per heavy atom. The van der Waals surface area contributed by atoms with Gasteiger partial charge in [-0.3, -0.25) is 19.3 Å². The van der Waals surface area contributed by atoms with Crippen molar-refractivity contribution < 1.29 is 14.4 Å². The van der Waals surface area contributed by atoms with Crippen LogP contribution in [-0.2, 0) is 4.79 Å². The van der Waals surface area contributed by atoms with E-state index in [2.05, 4.69) is 25.2 Å². The van der Waals surface area contributed by atoms with Gasteiger partial charge >= 0.3 is 0 Å². The van der Waals surface area contributed by atoms with Crippen LogP contribution in [0.1, 0.15) is 71.2 Å². The van der Waals surface area contributed by atoms with E-state index in [1.807, 2.05) is 11.4 Å². The second-order valence-electron chi connectivity index (χ2n) is 7.05. The molecule has 3 rings (SSSR count). The van der Waals surface area contributed by atoms with E-state index in [0.29, 0.717) is 23.5 Å². The number of carbonyl (C=O) groups is 3. The predicted molar refractivity (Wildman–Crippen MR) is 110 cm³/mol. The summed E-state index contributed by atoms with van der Waals surface area (Å²) in [6.07, 6.45) is 2.73. The van der Waals surface area contributed by atoms with E-state index in [1.165, 1.54) is 9.78 Å². The van der Waals surface area contributed by atoms with E-state index in [-0.39, 0.29) is 36.7 Å². The van der Waals surface area contributed by atoms with E-state index in [9.17, 15) is 14.4 Å². The number of hydrogen-bond donors (Lipinski definition) is 1. The molecule has 5 nitrogen and oxygen atoms in total. The molecule has 1 aliphatic rings. The monoisotopic (exact) mass is 398 g/mol. The minimum Gasteiger partial charge on any atom is -0.348 e. The standard InChI is InChI=1S/C22H26N2O3S/c1-3-15(4-2)20(18-11-8-14-28-18)23-19(25)12-7-13-24-21(26)16-9-5-6-10-17(16)22(24)27/h5-6,8-11,14-15,20H,3-4,7,12-13H2,1-2H3,(H,23,25)/t20-/m1/s1. The third-order valence-electron chi connectivity index (χ3n) is 5.35. The summed E-state index contributed by atoms with van der Waals surface area (Å²) in [4.78, 5) is 39.7. The van der Waals surface area contributed by atoms with E-state index in [1.54, 1.807) is 35.6 Å². The van der Waals surface area contributed by atoms with Crippen molar-refractivity contribution in [2.24, 2.45) is 5.92 Å². The Bertz CT molecular complexity index is 808.